The standard InChI is InChI=1S/C12H11F3O2/c13-8-11(17)12(14,15)10(16)7-6-9-4-2-1-3-5-9/h1-5H,6-8H2. The molecule has 5 heteroatoms. The molecule has 0 radical (unpaired) electrons. The second-order valence-corrected chi connectivity index (χ2v) is 3.54. The molecule has 0 bridgehead atoms. The van der Waals surface area contributed by atoms with Gasteiger partial charge in [-0.15, -0.1) is 0 Å². The van der Waals surface area contributed by atoms with E-state index in [9.17, 15) is 22.8 Å². The third-order valence-electron chi connectivity index (χ3n) is 2.31. The van der Waals surface area contributed by atoms with E-state index in [1.165, 1.54) is 0 Å². The molecule has 0 N–H and O–H groups in total. The largest absolute Gasteiger partial charge is 0.365 e. The Kier molecular flexibility index (Phi) is 4.43. The number of rotatable bonds is 6. The number of ketones is 2. The molecular formula is C12H11F3O2. The lowest BCUT2D eigenvalue weighted by atomic mass is 10.0. The fourth-order valence-electron chi connectivity index (χ4n) is 1.30. The molecule has 0 aromatic heterocycles. The van der Waals surface area contributed by atoms with Gasteiger partial charge in [-0.2, -0.15) is 8.78 Å². The number of aryl methyl sites for hydroxylation is 1. The molecule has 0 amide bonds. The zero-order valence-electron chi connectivity index (χ0n) is 8.96. The van der Waals surface area contributed by atoms with Gasteiger partial charge in [0.1, 0.15) is 0 Å². The molecule has 17 heavy (non-hydrogen) atoms. The molecule has 0 fully saturated rings. The van der Waals surface area contributed by atoms with E-state index in [4.69, 9.17) is 0 Å². The second kappa shape index (κ2) is 5.61. The Bertz CT molecular complexity index is 401. The Hall–Kier alpha value is -1.65. The third kappa shape index (κ3) is 3.41. The van der Waals surface area contributed by atoms with Crippen LogP contribution in [0.3, 0.4) is 0 Å². The van der Waals surface area contributed by atoms with E-state index in [0.717, 1.165) is 0 Å². The summed E-state index contributed by atoms with van der Waals surface area (Å²) < 4.78 is 37.8. The number of alkyl halides is 3. The predicted octanol–water partition coefficient (Wildman–Crippen LogP) is 2.36. The van der Waals surface area contributed by atoms with Gasteiger partial charge >= 0.3 is 5.92 Å². The highest BCUT2D eigenvalue weighted by Crippen LogP contribution is 2.19. The van der Waals surface area contributed by atoms with Crippen LogP contribution in [0.5, 0.6) is 0 Å². The van der Waals surface area contributed by atoms with Crippen molar-refractivity contribution >= 4 is 11.6 Å². The van der Waals surface area contributed by atoms with Crippen molar-refractivity contribution in [3.63, 3.8) is 0 Å². The Morgan fingerprint density at radius 1 is 1.06 bits per heavy atom. The first-order valence-corrected chi connectivity index (χ1v) is 5.02. The van der Waals surface area contributed by atoms with Crippen LogP contribution in [-0.4, -0.2) is 24.2 Å². The van der Waals surface area contributed by atoms with E-state index >= 15 is 0 Å². The molecule has 0 spiro atoms. The van der Waals surface area contributed by atoms with Crippen LogP contribution in [0.15, 0.2) is 30.3 Å². The summed E-state index contributed by atoms with van der Waals surface area (Å²) in [7, 11) is 0. The van der Waals surface area contributed by atoms with Crippen LogP contribution in [0.2, 0.25) is 0 Å². The van der Waals surface area contributed by atoms with Gasteiger partial charge in [0.2, 0.25) is 11.6 Å². The van der Waals surface area contributed by atoms with E-state index in [2.05, 4.69) is 0 Å². The van der Waals surface area contributed by atoms with Crippen molar-refractivity contribution < 1.29 is 22.8 Å². The van der Waals surface area contributed by atoms with Gasteiger partial charge in [-0.3, -0.25) is 9.59 Å². The van der Waals surface area contributed by atoms with Gasteiger partial charge in [-0.25, -0.2) is 4.39 Å². The van der Waals surface area contributed by atoms with Crippen molar-refractivity contribution in [2.45, 2.75) is 18.8 Å². The molecule has 0 aliphatic rings. The van der Waals surface area contributed by atoms with Crippen LogP contribution in [-0.2, 0) is 16.0 Å². The van der Waals surface area contributed by atoms with Gasteiger partial charge in [0, 0.05) is 6.42 Å². The summed E-state index contributed by atoms with van der Waals surface area (Å²) in [4.78, 5) is 21.6. The second-order valence-electron chi connectivity index (χ2n) is 3.54. The maximum atomic E-state index is 13.0. The fraction of sp³-hybridized carbons (Fsp3) is 0.333. The van der Waals surface area contributed by atoms with Crippen molar-refractivity contribution in [2.75, 3.05) is 6.67 Å². The summed E-state index contributed by atoms with van der Waals surface area (Å²) in [6.07, 6.45) is -0.377. The molecule has 0 aliphatic carbocycles. The first-order chi connectivity index (χ1) is 7.98. The number of Topliss-reactive ketones (excluding diaryl/α,β-unsaturated/α-hetero) is 2. The Labute approximate surface area is 96.4 Å². The lowest BCUT2D eigenvalue weighted by molar-refractivity contribution is -0.157. The first-order valence-electron chi connectivity index (χ1n) is 5.02. The van der Waals surface area contributed by atoms with Crippen molar-refractivity contribution in [2.24, 2.45) is 0 Å². The summed E-state index contributed by atoms with van der Waals surface area (Å²) in [5.41, 5.74) is 0.712. The van der Waals surface area contributed by atoms with E-state index in [1.807, 2.05) is 0 Å². The Morgan fingerprint density at radius 2 is 1.65 bits per heavy atom. The number of halogens is 3. The SMILES string of the molecule is O=C(CF)C(F)(F)C(=O)CCc1ccccc1. The summed E-state index contributed by atoms with van der Waals surface area (Å²) in [6, 6.07) is 8.55. The first kappa shape index (κ1) is 13.4. The molecule has 0 saturated heterocycles. The van der Waals surface area contributed by atoms with E-state index in [-0.39, 0.29) is 6.42 Å². The summed E-state index contributed by atoms with van der Waals surface area (Å²) in [5.74, 6) is -7.72. The zero-order valence-corrected chi connectivity index (χ0v) is 8.96. The molecule has 92 valence electrons. The lowest BCUT2D eigenvalue weighted by Crippen LogP contribution is -2.39. The van der Waals surface area contributed by atoms with Crippen LogP contribution in [0.4, 0.5) is 13.2 Å². The van der Waals surface area contributed by atoms with Gasteiger partial charge in [-0.1, -0.05) is 30.3 Å². The lowest BCUT2D eigenvalue weighted by Gasteiger charge is -2.11. The average Bonchev–Trinajstić information content (AvgIpc) is 2.35. The smallest absolute Gasteiger partial charge is 0.292 e. The Balaban J connectivity index is 2.58. The van der Waals surface area contributed by atoms with Gasteiger partial charge in [0.05, 0.1) is 0 Å². The molecule has 1 rings (SSSR count). The number of hydrogen-bond acceptors (Lipinski definition) is 2. The van der Waals surface area contributed by atoms with Gasteiger partial charge in [0.25, 0.3) is 0 Å². The minimum Gasteiger partial charge on any atom is -0.292 e. The van der Waals surface area contributed by atoms with Crippen LogP contribution < -0.4 is 0 Å². The normalized spacial score (nSPS) is 11.2. The fourth-order valence-corrected chi connectivity index (χ4v) is 1.30. The molecule has 1 aromatic rings. The number of carbonyl (C=O) groups is 2. The van der Waals surface area contributed by atoms with Gasteiger partial charge < -0.3 is 0 Å². The van der Waals surface area contributed by atoms with Crippen LogP contribution in [0, 0.1) is 0 Å². The zero-order chi connectivity index (χ0) is 12.9. The van der Waals surface area contributed by atoms with Crippen molar-refractivity contribution in [1.82, 2.24) is 0 Å². The number of hydrogen-bond donors (Lipinski definition) is 0. The molecule has 0 heterocycles. The van der Waals surface area contributed by atoms with Crippen LogP contribution in [0.1, 0.15) is 12.0 Å². The van der Waals surface area contributed by atoms with E-state index in [1.54, 1.807) is 30.3 Å². The molecule has 2 nitrogen and oxygen atoms in total. The highest BCUT2D eigenvalue weighted by molar-refractivity contribution is 6.08. The number of carbonyl (C=O) groups excluding carboxylic acids is 2. The summed E-state index contributed by atoms with van der Waals surface area (Å²) >= 11 is 0. The highest BCUT2D eigenvalue weighted by atomic mass is 19.3. The topological polar surface area (TPSA) is 34.1 Å². The van der Waals surface area contributed by atoms with Crippen LogP contribution >= 0.6 is 0 Å². The minimum atomic E-state index is -4.20. The maximum Gasteiger partial charge on any atom is 0.365 e. The minimum absolute atomic E-state index is 0.106. The van der Waals surface area contributed by atoms with Crippen molar-refractivity contribution in [1.29, 1.82) is 0 Å². The molecule has 0 saturated carbocycles. The monoisotopic (exact) mass is 244 g/mol. The highest BCUT2D eigenvalue weighted by Gasteiger charge is 2.45. The van der Waals surface area contributed by atoms with E-state index < -0.39 is 30.6 Å². The maximum absolute atomic E-state index is 13.0. The van der Waals surface area contributed by atoms with Crippen molar-refractivity contribution in [3.8, 4) is 0 Å². The van der Waals surface area contributed by atoms with Crippen molar-refractivity contribution in [3.05, 3.63) is 35.9 Å². The molecular weight excluding hydrogens is 233 g/mol. The van der Waals surface area contributed by atoms with Gasteiger partial charge in [0.15, 0.2) is 6.67 Å². The average molecular weight is 244 g/mol. The quantitative estimate of drug-likeness (QED) is 0.720. The summed E-state index contributed by atoms with van der Waals surface area (Å²) in [5, 5.41) is 0. The predicted molar refractivity (Wildman–Crippen MR) is 55.7 cm³/mol. The number of benzene rings is 1. The molecule has 0 unspecified atom stereocenters. The molecule has 0 atom stereocenters. The van der Waals surface area contributed by atoms with E-state index in [0.29, 0.717) is 5.56 Å². The van der Waals surface area contributed by atoms with Crippen LogP contribution in [0.25, 0.3) is 0 Å². The third-order valence-corrected chi connectivity index (χ3v) is 2.31. The van der Waals surface area contributed by atoms with Gasteiger partial charge in [-0.05, 0) is 12.0 Å². The molecule has 0 aliphatic heterocycles. The summed E-state index contributed by atoms with van der Waals surface area (Å²) in [6.45, 7) is -1.83. The Morgan fingerprint density at radius 3 is 2.18 bits per heavy atom. The molecule has 1 aromatic carbocycles.